The number of carbonyl (C=O) groups excluding carboxylic acids is 1. The van der Waals surface area contributed by atoms with Gasteiger partial charge in [-0.05, 0) is 20.3 Å². The van der Waals surface area contributed by atoms with E-state index in [2.05, 4.69) is 0 Å². The molecule has 0 aromatic carbocycles. The van der Waals surface area contributed by atoms with Crippen LogP contribution in [0.2, 0.25) is 0 Å². The van der Waals surface area contributed by atoms with Crippen molar-refractivity contribution >= 4 is 17.5 Å². The molecule has 82 valence electrons. The van der Waals surface area contributed by atoms with E-state index in [4.69, 9.17) is 16.3 Å². The van der Waals surface area contributed by atoms with Gasteiger partial charge in [-0.3, -0.25) is 4.79 Å². The van der Waals surface area contributed by atoms with Crippen molar-refractivity contribution in [1.29, 1.82) is 0 Å². The molecule has 0 spiro atoms. The van der Waals surface area contributed by atoms with E-state index < -0.39 is 0 Å². The number of amides is 1. The first kappa shape index (κ1) is 11.8. The zero-order valence-electron chi connectivity index (χ0n) is 9.00. The topological polar surface area (TPSA) is 29.5 Å². The van der Waals surface area contributed by atoms with Crippen LogP contribution in [-0.2, 0) is 9.53 Å². The van der Waals surface area contributed by atoms with Crippen molar-refractivity contribution in [2.45, 2.75) is 44.8 Å². The van der Waals surface area contributed by atoms with E-state index in [0.717, 1.165) is 0 Å². The average molecular weight is 220 g/mol. The second-order valence-corrected chi connectivity index (χ2v) is 4.40. The van der Waals surface area contributed by atoms with E-state index in [0.29, 0.717) is 19.5 Å². The van der Waals surface area contributed by atoms with Gasteiger partial charge >= 0.3 is 0 Å². The second kappa shape index (κ2) is 4.99. The Balaban J connectivity index is 2.54. The van der Waals surface area contributed by atoms with Gasteiger partial charge in [0.25, 0.3) is 0 Å². The number of nitrogens with zero attached hydrogens (tertiary/aromatic N) is 1. The third kappa shape index (κ3) is 2.85. The van der Waals surface area contributed by atoms with Gasteiger partial charge in [-0.25, -0.2) is 0 Å². The van der Waals surface area contributed by atoms with Gasteiger partial charge < -0.3 is 9.64 Å². The number of alkyl halides is 1. The summed E-state index contributed by atoms with van der Waals surface area (Å²) in [6, 6.07) is 0. The van der Waals surface area contributed by atoms with Crippen molar-refractivity contribution in [1.82, 2.24) is 4.90 Å². The van der Waals surface area contributed by atoms with E-state index >= 15 is 0 Å². The number of hydrogen-bond acceptors (Lipinski definition) is 2. The molecule has 4 heteroatoms. The van der Waals surface area contributed by atoms with E-state index in [9.17, 15) is 4.79 Å². The minimum atomic E-state index is -0.382. The highest BCUT2D eigenvalue weighted by Gasteiger charge is 2.28. The fourth-order valence-corrected chi connectivity index (χ4v) is 1.87. The molecular formula is C10H18ClNO2. The summed E-state index contributed by atoms with van der Waals surface area (Å²) in [5.41, 5.74) is 0. The Bertz CT molecular complexity index is 200. The van der Waals surface area contributed by atoms with Crippen molar-refractivity contribution in [2.75, 3.05) is 13.1 Å². The lowest BCUT2D eigenvalue weighted by Gasteiger charge is -2.36. The van der Waals surface area contributed by atoms with Crippen LogP contribution in [0.1, 0.15) is 27.2 Å². The Morgan fingerprint density at radius 3 is 2.43 bits per heavy atom. The lowest BCUT2D eigenvalue weighted by molar-refractivity contribution is -0.142. The van der Waals surface area contributed by atoms with E-state index in [1.54, 1.807) is 4.90 Å². The van der Waals surface area contributed by atoms with Crippen LogP contribution in [0.25, 0.3) is 0 Å². The standard InChI is InChI=1S/C10H18ClNO2/c1-4-9(11)10(13)12-5-7(2)14-8(3)6-12/h7-9H,4-6H2,1-3H3/t7-,8-,9-/m0/s1. The quantitative estimate of drug-likeness (QED) is 0.661. The fourth-order valence-electron chi connectivity index (χ4n) is 1.73. The van der Waals surface area contributed by atoms with Gasteiger partial charge in [-0.1, -0.05) is 6.92 Å². The van der Waals surface area contributed by atoms with Crippen molar-refractivity contribution in [3.63, 3.8) is 0 Å². The molecule has 1 fully saturated rings. The third-order valence-electron chi connectivity index (χ3n) is 2.36. The van der Waals surface area contributed by atoms with Gasteiger partial charge in [0.1, 0.15) is 5.38 Å². The lowest BCUT2D eigenvalue weighted by Crippen LogP contribution is -2.50. The Labute approximate surface area is 90.4 Å². The maximum absolute atomic E-state index is 11.8. The second-order valence-electron chi connectivity index (χ2n) is 3.88. The molecule has 1 aliphatic heterocycles. The lowest BCUT2D eigenvalue weighted by atomic mass is 10.2. The summed E-state index contributed by atoms with van der Waals surface area (Å²) in [4.78, 5) is 13.6. The van der Waals surface area contributed by atoms with Gasteiger partial charge in [-0.2, -0.15) is 0 Å². The molecule has 0 aromatic rings. The Morgan fingerprint density at radius 2 is 2.00 bits per heavy atom. The molecule has 0 N–H and O–H groups in total. The number of carbonyl (C=O) groups is 1. The molecule has 14 heavy (non-hydrogen) atoms. The average Bonchev–Trinajstić information content (AvgIpc) is 2.14. The van der Waals surface area contributed by atoms with Gasteiger partial charge in [0.2, 0.25) is 5.91 Å². The highest BCUT2D eigenvalue weighted by atomic mass is 35.5. The summed E-state index contributed by atoms with van der Waals surface area (Å²) < 4.78 is 5.54. The summed E-state index contributed by atoms with van der Waals surface area (Å²) >= 11 is 5.91. The Morgan fingerprint density at radius 1 is 1.50 bits per heavy atom. The number of halogens is 1. The number of morpholine rings is 1. The SMILES string of the molecule is CC[C@H](Cl)C(=O)N1C[C@H](C)O[C@@H](C)C1. The zero-order chi connectivity index (χ0) is 10.7. The van der Waals surface area contributed by atoms with Crippen LogP contribution in [0.15, 0.2) is 0 Å². The molecule has 1 aliphatic rings. The van der Waals surface area contributed by atoms with Crippen LogP contribution in [0.4, 0.5) is 0 Å². The highest BCUT2D eigenvalue weighted by molar-refractivity contribution is 6.30. The van der Waals surface area contributed by atoms with Crippen molar-refractivity contribution < 1.29 is 9.53 Å². The van der Waals surface area contributed by atoms with Crippen molar-refractivity contribution in [2.24, 2.45) is 0 Å². The molecule has 3 nitrogen and oxygen atoms in total. The zero-order valence-corrected chi connectivity index (χ0v) is 9.75. The molecule has 0 saturated carbocycles. The third-order valence-corrected chi connectivity index (χ3v) is 2.85. The first-order valence-electron chi connectivity index (χ1n) is 5.13. The normalized spacial score (nSPS) is 30.1. The predicted octanol–water partition coefficient (Wildman–Crippen LogP) is 1.64. The Kier molecular flexibility index (Phi) is 4.20. The summed E-state index contributed by atoms with van der Waals surface area (Å²) in [5.74, 6) is 0.0381. The maximum atomic E-state index is 11.8. The first-order chi connectivity index (χ1) is 6.54. The molecule has 1 heterocycles. The minimum Gasteiger partial charge on any atom is -0.372 e. The number of rotatable bonds is 2. The van der Waals surface area contributed by atoms with Gasteiger partial charge in [0, 0.05) is 13.1 Å². The molecule has 1 amide bonds. The molecular weight excluding hydrogens is 202 g/mol. The largest absolute Gasteiger partial charge is 0.372 e. The summed E-state index contributed by atoms with van der Waals surface area (Å²) in [5, 5.41) is -0.382. The van der Waals surface area contributed by atoms with Crippen LogP contribution in [0.5, 0.6) is 0 Å². The van der Waals surface area contributed by atoms with Crippen molar-refractivity contribution in [3.8, 4) is 0 Å². The van der Waals surface area contributed by atoms with E-state index in [1.165, 1.54) is 0 Å². The molecule has 0 aromatic heterocycles. The van der Waals surface area contributed by atoms with Crippen LogP contribution in [0.3, 0.4) is 0 Å². The highest BCUT2D eigenvalue weighted by Crippen LogP contribution is 2.14. The smallest absolute Gasteiger partial charge is 0.240 e. The van der Waals surface area contributed by atoms with Crippen LogP contribution in [0, 0.1) is 0 Å². The van der Waals surface area contributed by atoms with E-state index in [-0.39, 0.29) is 23.5 Å². The monoisotopic (exact) mass is 219 g/mol. The molecule has 0 bridgehead atoms. The molecule has 0 aliphatic carbocycles. The van der Waals surface area contributed by atoms with Crippen LogP contribution < -0.4 is 0 Å². The van der Waals surface area contributed by atoms with Gasteiger partial charge in [0.05, 0.1) is 12.2 Å². The molecule has 0 unspecified atom stereocenters. The molecule has 0 radical (unpaired) electrons. The van der Waals surface area contributed by atoms with Crippen molar-refractivity contribution in [3.05, 3.63) is 0 Å². The molecule has 1 saturated heterocycles. The fraction of sp³-hybridized carbons (Fsp3) is 0.900. The molecule has 3 atom stereocenters. The van der Waals surface area contributed by atoms with E-state index in [1.807, 2.05) is 20.8 Å². The molecule has 1 rings (SSSR count). The summed E-state index contributed by atoms with van der Waals surface area (Å²) in [6.07, 6.45) is 0.910. The predicted molar refractivity (Wildman–Crippen MR) is 56.5 cm³/mol. The summed E-state index contributed by atoms with van der Waals surface area (Å²) in [7, 11) is 0. The van der Waals surface area contributed by atoms with Crippen LogP contribution >= 0.6 is 11.6 Å². The Hall–Kier alpha value is -0.280. The van der Waals surface area contributed by atoms with Gasteiger partial charge in [0.15, 0.2) is 0 Å². The first-order valence-corrected chi connectivity index (χ1v) is 5.56. The maximum Gasteiger partial charge on any atom is 0.240 e. The summed E-state index contributed by atoms with van der Waals surface area (Å²) in [6.45, 7) is 7.19. The number of hydrogen-bond donors (Lipinski definition) is 0. The minimum absolute atomic E-state index is 0.0381. The number of ether oxygens (including phenoxy) is 1. The van der Waals surface area contributed by atoms with Gasteiger partial charge in [-0.15, -0.1) is 11.6 Å². The van der Waals surface area contributed by atoms with Crippen LogP contribution in [-0.4, -0.2) is 41.5 Å².